The molecule has 4 heterocycles. The SMILES string of the molecule is CC(C)c1cccc(C(C)C)c1[N-]c1ccc2ccn(C(C)C)c2n1.CC(C)c1cccc(C(C)C)c1[N-]c1ccc2ccn(C(C)C)c2n1.[CH3-].[CH3-].[Zr+2]. The van der Waals surface area contributed by atoms with Crippen molar-refractivity contribution in [3.05, 3.63) is 133 Å². The summed E-state index contributed by atoms with van der Waals surface area (Å²) in [6, 6.07) is 26.3. The van der Waals surface area contributed by atoms with Crippen LogP contribution in [-0.4, -0.2) is 19.1 Å². The largest absolute Gasteiger partial charge is 2.00 e. The maximum absolute atomic E-state index is 4.99. The average molecular weight is 790 g/mol. The molecule has 6 aromatic rings. The predicted molar refractivity (Wildman–Crippen MR) is 228 cm³/mol. The van der Waals surface area contributed by atoms with Gasteiger partial charge in [0.15, 0.2) is 0 Å². The van der Waals surface area contributed by atoms with Crippen molar-refractivity contribution in [3.8, 4) is 0 Å². The molecule has 0 aliphatic heterocycles. The molecular formula is C46H62N6Zr-2. The number of hydrogen-bond acceptors (Lipinski definition) is 2. The van der Waals surface area contributed by atoms with Gasteiger partial charge in [-0.1, -0.05) is 128 Å². The molecule has 282 valence electrons. The minimum absolute atomic E-state index is 0. The van der Waals surface area contributed by atoms with Gasteiger partial charge in [-0.25, -0.2) is 0 Å². The second kappa shape index (κ2) is 19.6. The van der Waals surface area contributed by atoms with Crippen LogP contribution < -0.4 is 0 Å². The molecule has 0 aliphatic rings. The first kappa shape index (κ1) is 45.5. The van der Waals surface area contributed by atoms with E-state index < -0.39 is 0 Å². The molecule has 0 aliphatic carbocycles. The number of benzene rings is 2. The van der Waals surface area contributed by atoms with Crippen LogP contribution in [0.15, 0.2) is 85.2 Å². The Bertz CT molecular complexity index is 1850. The summed E-state index contributed by atoms with van der Waals surface area (Å²) < 4.78 is 4.40. The van der Waals surface area contributed by atoms with Crippen LogP contribution in [0.5, 0.6) is 0 Å². The molecule has 0 N–H and O–H groups in total. The van der Waals surface area contributed by atoms with Crippen molar-refractivity contribution in [1.29, 1.82) is 0 Å². The van der Waals surface area contributed by atoms with Crippen molar-refractivity contribution in [2.24, 2.45) is 0 Å². The van der Waals surface area contributed by atoms with Gasteiger partial charge >= 0.3 is 26.2 Å². The van der Waals surface area contributed by atoms with Crippen molar-refractivity contribution in [2.75, 3.05) is 0 Å². The Morgan fingerprint density at radius 1 is 0.434 bits per heavy atom. The van der Waals surface area contributed by atoms with Gasteiger partial charge in [-0.3, -0.25) is 0 Å². The second-order valence-electron chi connectivity index (χ2n) is 15.2. The molecule has 0 radical (unpaired) electrons. The van der Waals surface area contributed by atoms with Crippen LogP contribution in [0.3, 0.4) is 0 Å². The summed E-state index contributed by atoms with van der Waals surface area (Å²) in [5.74, 6) is 3.29. The molecule has 0 saturated carbocycles. The Morgan fingerprint density at radius 2 is 0.736 bits per heavy atom. The van der Waals surface area contributed by atoms with E-state index in [2.05, 4.69) is 165 Å². The quantitative estimate of drug-likeness (QED) is 0.130. The molecule has 6 rings (SSSR count). The van der Waals surface area contributed by atoms with Gasteiger partial charge in [0, 0.05) is 35.8 Å². The zero-order chi connectivity index (χ0) is 36.3. The third kappa shape index (κ3) is 10.3. The van der Waals surface area contributed by atoms with Crippen LogP contribution in [0.2, 0.25) is 0 Å². The van der Waals surface area contributed by atoms with Gasteiger partial charge < -0.3 is 44.6 Å². The summed E-state index contributed by atoms with van der Waals surface area (Å²) in [7, 11) is 0. The molecule has 0 spiro atoms. The van der Waals surface area contributed by atoms with E-state index in [1.54, 1.807) is 0 Å². The molecule has 0 atom stereocenters. The van der Waals surface area contributed by atoms with Gasteiger partial charge in [-0.15, -0.1) is 0 Å². The smallest absolute Gasteiger partial charge is 0.436 e. The van der Waals surface area contributed by atoms with Crippen molar-refractivity contribution >= 4 is 45.1 Å². The van der Waals surface area contributed by atoms with Gasteiger partial charge in [-0.05, 0) is 108 Å². The van der Waals surface area contributed by atoms with E-state index in [4.69, 9.17) is 20.6 Å². The summed E-state index contributed by atoms with van der Waals surface area (Å²) in [4.78, 5) is 9.70. The number of aromatic nitrogens is 4. The van der Waals surface area contributed by atoms with E-state index in [9.17, 15) is 0 Å². The monoisotopic (exact) mass is 788 g/mol. The predicted octanol–water partition coefficient (Wildman–Crippen LogP) is 15.3. The van der Waals surface area contributed by atoms with E-state index >= 15 is 0 Å². The molecule has 0 bridgehead atoms. The maximum atomic E-state index is 4.99. The first-order chi connectivity index (χ1) is 23.8. The number of pyridine rings is 2. The first-order valence-electron chi connectivity index (χ1n) is 18.4. The third-order valence-electron chi connectivity index (χ3n) is 9.35. The number of hydrogen-bond donors (Lipinski definition) is 0. The van der Waals surface area contributed by atoms with Crippen molar-refractivity contribution in [3.63, 3.8) is 0 Å². The van der Waals surface area contributed by atoms with Crippen LogP contribution in [0.4, 0.5) is 23.0 Å². The molecule has 6 nitrogen and oxygen atoms in total. The van der Waals surface area contributed by atoms with Crippen LogP contribution in [0.25, 0.3) is 32.7 Å². The Morgan fingerprint density at radius 3 is 1.00 bits per heavy atom. The first-order valence-corrected chi connectivity index (χ1v) is 18.4. The van der Waals surface area contributed by atoms with Crippen LogP contribution in [-0.2, 0) is 26.2 Å². The summed E-state index contributed by atoms with van der Waals surface area (Å²) >= 11 is 0. The van der Waals surface area contributed by atoms with E-state index in [0.29, 0.717) is 35.8 Å². The molecule has 2 aromatic carbocycles. The summed E-state index contributed by atoms with van der Waals surface area (Å²) in [6.45, 7) is 26.5. The zero-order valence-corrected chi connectivity index (χ0v) is 37.2. The average Bonchev–Trinajstić information content (AvgIpc) is 3.69. The Hall–Kier alpha value is -3.70. The van der Waals surface area contributed by atoms with Gasteiger partial charge in [0.2, 0.25) is 0 Å². The van der Waals surface area contributed by atoms with E-state index in [-0.39, 0.29) is 41.1 Å². The zero-order valence-electron chi connectivity index (χ0n) is 34.7. The van der Waals surface area contributed by atoms with E-state index in [0.717, 1.165) is 45.1 Å². The number of fused-ring (bicyclic) bond motifs is 2. The molecule has 0 unspecified atom stereocenters. The molecule has 4 aromatic heterocycles. The summed E-state index contributed by atoms with van der Waals surface area (Å²) in [5, 5.41) is 12.3. The van der Waals surface area contributed by atoms with Gasteiger partial charge in [-0.2, -0.15) is 0 Å². The number of nitrogens with zero attached hydrogens (tertiary/aromatic N) is 6. The van der Waals surface area contributed by atoms with Gasteiger partial charge in [0.1, 0.15) is 0 Å². The molecule has 0 fully saturated rings. The minimum Gasteiger partial charge on any atom is -0.436 e. The fourth-order valence-electron chi connectivity index (χ4n) is 6.50. The fourth-order valence-corrected chi connectivity index (χ4v) is 6.50. The normalized spacial score (nSPS) is 11.2. The minimum atomic E-state index is 0. The van der Waals surface area contributed by atoms with Crippen LogP contribution >= 0.6 is 0 Å². The molecule has 7 heteroatoms. The standard InChI is InChI=1S/2C22H28N3.2CH3.Zr/c2*1-14(2)18-8-7-9-19(15(3)4)21(18)23-20-11-10-17-12-13-25(16(5)6)22(17)24-20;;;/h2*7-16H,1-6H3;2*1H3;/q4*-1;+2. The van der Waals surface area contributed by atoms with Crippen molar-refractivity contribution in [2.45, 2.75) is 119 Å². The molecule has 0 saturated heterocycles. The summed E-state index contributed by atoms with van der Waals surface area (Å²) in [6.07, 6.45) is 4.21. The fraction of sp³-hybridized carbons (Fsp3) is 0.391. The maximum Gasteiger partial charge on any atom is 2.00 e. The molecule has 53 heavy (non-hydrogen) atoms. The van der Waals surface area contributed by atoms with Gasteiger partial charge in [0.05, 0.1) is 0 Å². The van der Waals surface area contributed by atoms with Crippen LogP contribution in [0.1, 0.15) is 141 Å². The second-order valence-corrected chi connectivity index (χ2v) is 15.2. The van der Waals surface area contributed by atoms with Crippen molar-refractivity contribution in [1.82, 2.24) is 19.1 Å². The van der Waals surface area contributed by atoms with E-state index in [1.807, 2.05) is 12.1 Å². The number of para-hydroxylation sites is 2. The van der Waals surface area contributed by atoms with E-state index in [1.165, 1.54) is 22.3 Å². The van der Waals surface area contributed by atoms with Gasteiger partial charge in [0.25, 0.3) is 0 Å². The number of rotatable bonds is 10. The Balaban J connectivity index is 0.000000347. The van der Waals surface area contributed by atoms with Crippen LogP contribution in [0, 0.1) is 14.9 Å². The topological polar surface area (TPSA) is 63.8 Å². The Kier molecular flexibility index (Phi) is 16.8. The summed E-state index contributed by atoms with van der Waals surface area (Å²) in [5.41, 5.74) is 9.32. The third-order valence-corrected chi connectivity index (χ3v) is 9.35. The Labute approximate surface area is 340 Å². The van der Waals surface area contributed by atoms with Crippen molar-refractivity contribution < 1.29 is 26.2 Å². The molecular weight excluding hydrogens is 728 g/mol. The molecule has 0 amide bonds.